The van der Waals surface area contributed by atoms with Crippen molar-refractivity contribution < 1.29 is 19.4 Å². The number of hydrogen-bond donors (Lipinski definition) is 1. The Morgan fingerprint density at radius 2 is 2.11 bits per heavy atom. The summed E-state index contributed by atoms with van der Waals surface area (Å²) in [4.78, 5) is 12.7. The summed E-state index contributed by atoms with van der Waals surface area (Å²) in [5.41, 5.74) is 2.11. The molecule has 0 aromatic heterocycles. The van der Waals surface area contributed by atoms with Crippen molar-refractivity contribution in [2.24, 2.45) is 0 Å². The number of benzene rings is 1. The van der Waals surface area contributed by atoms with Crippen molar-refractivity contribution in [2.45, 2.75) is 13.5 Å². The Bertz CT molecular complexity index is 420. The minimum atomic E-state index is -0.832. The van der Waals surface area contributed by atoms with Crippen LogP contribution in [0.2, 0.25) is 0 Å². The molecule has 0 aliphatic rings. The monoisotopic (exact) mass is 267 g/mol. The molecule has 0 bridgehead atoms. The van der Waals surface area contributed by atoms with Crippen molar-refractivity contribution in [2.75, 3.05) is 33.9 Å². The van der Waals surface area contributed by atoms with Crippen LogP contribution in [0.1, 0.15) is 11.1 Å². The molecule has 0 fully saturated rings. The lowest BCUT2D eigenvalue weighted by Crippen LogP contribution is -2.32. The zero-order valence-electron chi connectivity index (χ0n) is 11.7. The van der Waals surface area contributed by atoms with E-state index in [0.29, 0.717) is 19.7 Å². The van der Waals surface area contributed by atoms with Crippen LogP contribution >= 0.6 is 0 Å². The van der Waals surface area contributed by atoms with Crippen LogP contribution in [0, 0.1) is 6.92 Å². The lowest BCUT2D eigenvalue weighted by molar-refractivity contribution is -0.138. The minimum Gasteiger partial charge on any atom is -0.496 e. The first kappa shape index (κ1) is 15.5. The highest BCUT2D eigenvalue weighted by Gasteiger charge is 2.11. The van der Waals surface area contributed by atoms with Gasteiger partial charge in [-0.2, -0.15) is 0 Å². The molecule has 0 unspecified atom stereocenters. The third-order valence-electron chi connectivity index (χ3n) is 2.84. The highest BCUT2D eigenvalue weighted by molar-refractivity contribution is 5.69. The Hall–Kier alpha value is -1.59. The van der Waals surface area contributed by atoms with E-state index in [0.717, 1.165) is 16.9 Å². The van der Waals surface area contributed by atoms with E-state index in [-0.39, 0.29) is 6.54 Å². The number of methoxy groups -OCH3 is 2. The first-order chi connectivity index (χ1) is 9.06. The molecule has 5 heteroatoms. The van der Waals surface area contributed by atoms with Crippen LogP contribution in [0.15, 0.2) is 18.2 Å². The Morgan fingerprint density at radius 1 is 1.37 bits per heavy atom. The lowest BCUT2D eigenvalue weighted by Gasteiger charge is -2.20. The quantitative estimate of drug-likeness (QED) is 0.774. The van der Waals surface area contributed by atoms with Gasteiger partial charge in [-0.1, -0.05) is 12.1 Å². The van der Waals surface area contributed by atoms with Crippen LogP contribution in [-0.4, -0.2) is 49.9 Å². The van der Waals surface area contributed by atoms with Crippen LogP contribution in [0.4, 0.5) is 0 Å². The number of carboxylic acid groups (broad SMARTS) is 1. The average molecular weight is 267 g/mol. The molecule has 0 amide bonds. The summed E-state index contributed by atoms with van der Waals surface area (Å²) in [5.74, 6) is 0.00626. The largest absolute Gasteiger partial charge is 0.496 e. The van der Waals surface area contributed by atoms with E-state index in [1.54, 1.807) is 14.2 Å². The summed E-state index contributed by atoms with van der Waals surface area (Å²) in [6.07, 6.45) is 0. The molecule has 5 nitrogen and oxygen atoms in total. The third-order valence-corrected chi connectivity index (χ3v) is 2.84. The van der Waals surface area contributed by atoms with Gasteiger partial charge in [-0.3, -0.25) is 9.69 Å². The zero-order valence-corrected chi connectivity index (χ0v) is 11.7. The van der Waals surface area contributed by atoms with Gasteiger partial charge in [-0.05, 0) is 24.1 Å². The normalized spacial score (nSPS) is 10.7. The maximum atomic E-state index is 10.8. The highest BCUT2D eigenvalue weighted by Crippen LogP contribution is 2.19. The molecular formula is C14H21NO4. The second kappa shape index (κ2) is 7.76. The molecule has 0 aliphatic heterocycles. The maximum absolute atomic E-state index is 10.8. The standard InChI is InChI=1S/C14H21NO4/c1-11-8-12(4-5-13(11)19-3)9-15(6-7-18-2)10-14(16)17/h4-5,8H,6-7,9-10H2,1-3H3,(H,16,17). The van der Waals surface area contributed by atoms with Crippen LogP contribution in [-0.2, 0) is 16.1 Å². The number of carbonyl (C=O) groups is 1. The molecule has 0 heterocycles. The molecule has 1 aromatic carbocycles. The third kappa shape index (κ3) is 5.28. The molecular weight excluding hydrogens is 246 g/mol. The molecule has 1 N–H and O–H groups in total. The molecule has 0 radical (unpaired) electrons. The van der Waals surface area contributed by atoms with Crippen LogP contribution in [0.3, 0.4) is 0 Å². The van der Waals surface area contributed by atoms with E-state index in [2.05, 4.69) is 0 Å². The molecule has 0 aliphatic carbocycles. The summed E-state index contributed by atoms with van der Waals surface area (Å²) < 4.78 is 10.2. The number of nitrogens with zero attached hydrogens (tertiary/aromatic N) is 1. The molecule has 1 rings (SSSR count). The van der Waals surface area contributed by atoms with Gasteiger partial charge in [0.1, 0.15) is 5.75 Å². The Morgan fingerprint density at radius 3 is 2.63 bits per heavy atom. The fourth-order valence-electron chi connectivity index (χ4n) is 1.92. The van der Waals surface area contributed by atoms with E-state index in [1.165, 1.54) is 0 Å². The van der Waals surface area contributed by atoms with Crippen molar-refractivity contribution in [1.29, 1.82) is 0 Å². The fraction of sp³-hybridized carbons (Fsp3) is 0.500. The number of rotatable bonds is 8. The van der Waals surface area contributed by atoms with E-state index in [1.807, 2.05) is 30.0 Å². The van der Waals surface area contributed by atoms with Crippen LogP contribution in [0.25, 0.3) is 0 Å². The average Bonchev–Trinajstić information content (AvgIpc) is 2.35. The summed E-state index contributed by atoms with van der Waals surface area (Å²) in [6.45, 7) is 3.67. The van der Waals surface area contributed by atoms with Gasteiger partial charge in [0.25, 0.3) is 0 Å². The Labute approximate surface area is 113 Å². The van der Waals surface area contributed by atoms with E-state index in [4.69, 9.17) is 14.6 Å². The predicted molar refractivity (Wildman–Crippen MR) is 72.5 cm³/mol. The first-order valence-electron chi connectivity index (χ1n) is 6.13. The molecule has 1 aromatic rings. The summed E-state index contributed by atoms with van der Waals surface area (Å²) in [7, 11) is 3.24. The van der Waals surface area contributed by atoms with Crippen molar-refractivity contribution in [3.8, 4) is 5.75 Å². The summed E-state index contributed by atoms with van der Waals surface area (Å²) in [5, 5.41) is 8.90. The number of aliphatic carboxylic acids is 1. The molecule has 0 saturated carbocycles. The van der Waals surface area contributed by atoms with Gasteiger partial charge in [0, 0.05) is 20.2 Å². The second-order valence-electron chi connectivity index (χ2n) is 4.40. The van der Waals surface area contributed by atoms with E-state index >= 15 is 0 Å². The van der Waals surface area contributed by atoms with Crippen LogP contribution < -0.4 is 4.74 Å². The van der Waals surface area contributed by atoms with Crippen LogP contribution in [0.5, 0.6) is 5.75 Å². The maximum Gasteiger partial charge on any atom is 0.317 e. The molecule has 0 atom stereocenters. The minimum absolute atomic E-state index is 0.00837. The van der Waals surface area contributed by atoms with Crippen molar-refractivity contribution in [3.63, 3.8) is 0 Å². The molecule has 106 valence electrons. The Kier molecular flexibility index (Phi) is 6.32. The van der Waals surface area contributed by atoms with Gasteiger partial charge in [0.05, 0.1) is 20.3 Å². The lowest BCUT2D eigenvalue weighted by atomic mass is 10.1. The van der Waals surface area contributed by atoms with Crippen molar-refractivity contribution in [3.05, 3.63) is 29.3 Å². The summed E-state index contributed by atoms with van der Waals surface area (Å²) in [6, 6.07) is 5.87. The van der Waals surface area contributed by atoms with Crippen molar-refractivity contribution in [1.82, 2.24) is 4.90 Å². The highest BCUT2D eigenvalue weighted by atomic mass is 16.5. The number of aryl methyl sites for hydroxylation is 1. The van der Waals surface area contributed by atoms with Gasteiger partial charge in [-0.25, -0.2) is 0 Å². The SMILES string of the molecule is COCCN(CC(=O)O)Cc1ccc(OC)c(C)c1. The number of carboxylic acids is 1. The topological polar surface area (TPSA) is 59.0 Å². The number of ether oxygens (including phenoxy) is 2. The molecule has 0 spiro atoms. The second-order valence-corrected chi connectivity index (χ2v) is 4.40. The first-order valence-corrected chi connectivity index (χ1v) is 6.13. The van der Waals surface area contributed by atoms with Gasteiger partial charge in [-0.15, -0.1) is 0 Å². The summed E-state index contributed by atoms with van der Waals surface area (Å²) >= 11 is 0. The van der Waals surface area contributed by atoms with E-state index in [9.17, 15) is 4.79 Å². The van der Waals surface area contributed by atoms with Gasteiger partial charge in [0.15, 0.2) is 0 Å². The van der Waals surface area contributed by atoms with Gasteiger partial charge in [0.2, 0.25) is 0 Å². The van der Waals surface area contributed by atoms with Gasteiger partial charge < -0.3 is 14.6 Å². The van der Waals surface area contributed by atoms with Crippen molar-refractivity contribution >= 4 is 5.97 Å². The van der Waals surface area contributed by atoms with E-state index < -0.39 is 5.97 Å². The molecule has 19 heavy (non-hydrogen) atoms. The molecule has 0 saturated heterocycles. The Balaban J connectivity index is 2.71. The zero-order chi connectivity index (χ0) is 14.3. The number of hydrogen-bond acceptors (Lipinski definition) is 4. The predicted octanol–water partition coefficient (Wildman–Crippen LogP) is 1.54. The van der Waals surface area contributed by atoms with Gasteiger partial charge >= 0.3 is 5.97 Å². The smallest absolute Gasteiger partial charge is 0.317 e. The fourth-order valence-corrected chi connectivity index (χ4v) is 1.92.